The molecule has 122 valence electrons. The van der Waals surface area contributed by atoms with Gasteiger partial charge in [-0.3, -0.25) is 9.59 Å². The van der Waals surface area contributed by atoms with E-state index in [1.165, 1.54) is 11.8 Å². The summed E-state index contributed by atoms with van der Waals surface area (Å²) in [6.45, 7) is 1.62. The van der Waals surface area contributed by atoms with Crippen LogP contribution in [0.1, 0.15) is 18.9 Å². The normalized spacial score (nSPS) is 9.88. The van der Waals surface area contributed by atoms with Crippen molar-refractivity contribution in [1.29, 1.82) is 5.26 Å². The number of nitrogens with zero attached hydrogens (tertiary/aromatic N) is 2. The monoisotopic (exact) mass is 385 g/mol. The molecule has 2 amide bonds. The van der Waals surface area contributed by atoms with Gasteiger partial charge in [0.2, 0.25) is 11.8 Å². The Morgan fingerprint density at radius 3 is 2.46 bits per heavy atom. The highest BCUT2D eigenvalue weighted by atomic mass is 79.9. The Labute approximate surface area is 149 Å². The van der Waals surface area contributed by atoms with Crippen molar-refractivity contribution < 1.29 is 9.59 Å². The molecule has 2 rings (SSSR count). The van der Waals surface area contributed by atoms with Crippen LogP contribution >= 0.6 is 15.9 Å². The van der Waals surface area contributed by atoms with E-state index in [4.69, 9.17) is 0 Å². The number of carbonyl (C=O) groups is 2. The Hall–Kier alpha value is -2.65. The third kappa shape index (κ3) is 4.67. The summed E-state index contributed by atoms with van der Waals surface area (Å²) < 4.78 is 0.927. The number of benzene rings is 2. The number of carbonyl (C=O) groups excluding carboxylic acids is 2. The molecule has 0 aliphatic heterocycles. The van der Waals surface area contributed by atoms with Crippen LogP contribution in [0.5, 0.6) is 0 Å². The Bertz CT molecular complexity index is 782. The van der Waals surface area contributed by atoms with Gasteiger partial charge in [0, 0.05) is 30.0 Å². The minimum atomic E-state index is -0.214. The highest BCUT2D eigenvalue weighted by Gasteiger charge is 2.16. The van der Waals surface area contributed by atoms with Gasteiger partial charge in [-0.1, -0.05) is 28.1 Å². The molecule has 0 saturated heterocycles. The number of nitriles is 1. The zero-order valence-electron chi connectivity index (χ0n) is 13.1. The van der Waals surface area contributed by atoms with E-state index in [1.54, 1.807) is 36.4 Å². The van der Waals surface area contributed by atoms with Crippen molar-refractivity contribution in [3.63, 3.8) is 0 Å². The Balaban J connectivity index is 2.04. The van der Waals surface area contributed by atoms with E-state index in [2.05, 4.69) is 27.3 Å². The summed E-state index contributed by atoms with van der Waals surface area (Å²) in [5.41, 5.74) is 1.61. The minimum Gasteiger partial charge on any atom is -0.326 e. The lowest BCUT2D eigenvalue weighted by Crippen LogP contribution is -2.32. The van der Waals surface area contributed by atoms with Crippen LogP contribution < -0.4 is 10.2 Å². The van der Waals surface area contributed by atoms with E-state index in [0.717, 1.165) is 4.47 Å². The summed E-state index contributed by atoms with van der Waals surface area (Å²) in [6.07, 6.45) is 0.134. The molecule has 1 N–H and O–H groups in total. The zero-order chi connectivity index (χ0) is 17.5. The topological polar surface area (TPSA) is 73.2 Å². The third-order valence-corrected chi connectivity index (χ3v) is 3.91. The van der Waals surface area contributed by atoms with Gasteiger partial charge in [0.15, 0.2) is 0 Å². The average Bonchev–Trinajstić information content (AvgIpc) is 2.57. The lowest BCUT2D eigenvalue weighted by atomic mass is 10.1. The van der Waals surface area contributed by atoms with Crippen LogP contribution in [0.3, 0.4) is 0 Å². The second-order valence-corrected chi connectivity index (χ2v) is 6.02. The predicted octanol–water partition coefficient (Wildman–Crippen LogP) is 3.70. The van der Waals surface area contributed by atoms with Crippen molar-refractivity contribution in [3.8, 4) is 6.07 Å². The van der Waals surface area contributed by atoms with Gasteiger partial charge >= 0.3 is 0 Å². The van der Waals surface area contributed by atoms with Crippen molar-refractivity contribution in [2.75, 3.05) is 16.8 Å². The van der Waals surface area contributed by atoms with E-state index in [-0.39, 0.29) is 24.8 Å². The first-order chi connectivity index (χ1) is 11.5. The highest BCUT2D eigenvalue weighted by molar-refractivity contribution is 9.10. The molecule has 0 heterocycles. The van der Waals surface area contributed by atoms with Gasteiger partial charge in [-0.25, -0.2) is 0 Å². The van der Waals surface area contributed by atoms with Crippen LogP contribution in [0, 0.1) is 11.3 Å². The number of nitrogens with one attached hydrogen (secondary N) is 1. The number of halogens is 1. The lowest BCUT2D eigenvalue weighted by molar-refractivity contribution is -0.117. The van der Waals surface area contributed by atoms with Crippen molar-refractivity contribution >= 4 is 39.1 Å². The van der Waals surface area contributed by atoms with Crippen molar-refractivity contribution in [3.05, 3.63) is 58.6 Å². The molecule has 0 fully saturated rings. The van der Waals surface area contributed by atoms with Gasteiger partial charge in [0.25, 0.3) is 0 Å². The molecular formula is C18H16BrN3O2. The number of hydrogen-bond donors (Lipinski definition) is 1. The molecular weight excluding hydrogens is 370 g/mol. The van der Waals surface area contributed by atoms with Gasteiger partial charge in [0.1, 0.15) is 6.07 Å². The van der Waals surface area contributed by atoms with E-state index in [9.17, 15) is 14.9 Å². The molecule has 0 aliphatic rings. The Morgan fingerprint density at radius 2 is 1.83 bits per heavy atom. The van der Waals surface area contributed by atoms with Crippen LogP contribution in [0.25, 0.3) is 0 Å². The van der Waals surface area contributed by atoms with E-state index < -0.39 is 0 Å². The number of rotatable bonds is 5. The molecule has 0 aliphatic carbocycles. The van der Waals surface area contributed by atoms with Gasteiger partial charge in [0.05, 0.1) is 11.3 Å². The molecule has 2 aromatic rings. The van der Waals surface area contributed by atoms with Crippen molar-refractivity contribution in [2.24, 2.45) is 0 Å². The van der Waals surface area contributed by atoms with Gasteiger partial charge < -0.3 is 10.2 Å². The second kappa shape index (κ2) is 8.27. The number of anilines is 2. The maximum absolute atomic E-state index is 12.1. The summed E-state index contributed by atoms with van der Waals surface area (Å²) in [7, 11) is 0. The van der Waals surface area contributed by atoms with Gasteiger partial charge in [-0.15, -0.1) is 0 Å². The molecule has 0 atom stereocenters. The molecule has 0 spiro atoms. The molecule has 5 nitrogen and oxygen atoms in total. The van der Waals surface area contributed by atoms with Crippen LogP contribution in [0.4, 0.5) is 11.4 Å². The summed E-state index contributed by atoms with van der Waals surface area (Å²) in [5.74, 6) is -0.410. The van der Waals surface area contributed by atoms with Crippen molar-refractivity contribution in [2.45, 2.75) is 13.3 Å². The molecule has 2 aromatic carbocycles. The first kappa shape index (κ1) is 17.7. The fourth-order valence-corrected chi connectivity index (χ4v) is 2.49. The average molecular weight is 386 g/mol. The van der Waals surface area contributed by atoms with E-state index >= 15 is 0 Å². The fourth-order valence-electron chi connectivity index (χ4n) is 2.22. The Morgan fingerprint density at radius 1 is 1.17 bits per heavy atom. The first-order valence-electron chi connectivity index (χ1n) is 7.34. The SMILES string of the molecule is CC(=O)N(CCC(=O)Nc1ccc(Br)cc1)c1ccccc1C#N. The second-order valence-electron chi connectivity index (χ2n) is 5.10. The predicted molar refractivity (Wildman–Crippen MR) is 96.6 cm³/mol. The quantitative estimate of drug-likeness (QED) is 0.852. The van der Waals surface area contributed by atoms with Crippen molar-refractivity contribution in [1.82, 2.24) is 0 Å². The maximum atomic E-state index is 12.1. The largest absolute Gasteiger partial charge is 0.326 e. The molecule has 24 heavy (non-hydrogen) atoms. The van der Waals surface area contributed by atoms with Crippen LogP contribution in [-0.4, -0.2) is 18.4 Å². The molecule has 0 bridgehead atoms. The smallest absolute Gasteiger partial charge is 0.226 e. The molecule has 0 unspecified atom stereocenters. The summed E-state index contributed by atoms with van der Waals surface area (Å²) in [4.78, 5) is 25.4. The summed E-state index contributed by atoms with van der Waals surface area (Å²) >= 11 is 3.33. The molecule has 0 saturated carbocycles. The first-order valence-corrected chi connectivity index (χ1v) is 8.13. The van der Waals surface area contributed by atoms with Crippen LogP contribution in [0.15, 0.2) is 53.0 Å². The zero-order valence-corrected chi connectivity index (χ0v) is 14.7. The molecule has 0 aromatic heterocycles. The Kier molecular flexibility index (Phi) is 6.10. The number of hydrogen-bond acceptors (Lipinski definition) is 3. The highest BCUT2D eigenvalue weighted by Crippen LogP contribution is 2.20. The van der Waals surface area contributed by atoms with Crippen LogP contribution in [-0.2, 0) is 9.59 Å². The van der Waals surface area contributed by atoms with Gasteiger partial charge in [-0.05, 0) is 36.4 Å². The minimum absolute atomic E-state index is 0.134. The maximum Gasteiger partial charge on any atom is 0.226 e. The molecule has 6 heteroatoms. The van der Waals surface area contributed by atoms with Gasteiger partial charge in [-0.2, -0.15) is 5.26 Å². The van der Waals surface area contributed by atoms with E-state index in [1.807, 2.05) is 12.1 Å². The summed E-state index contributed by atoms with van der Waals surface area (Å²) in [6, 6.07) is 16.1. The van der Waals surface area contributed by atoms with E-state index in [0.29, 0.717) is 16.9 Å². The fraction of sp³-hybridized carbons (Fsp3) is 0.167. The summed E-state index contributed by atoms with van der Waals surface area (Å²) in [5, 5.41) is 12.0. The van der Waals surface area contributed by atoms with Crippen LogP contribution in [0.2, 0.25) is 0 Å². The standard InChI is InChI=1S/C18H16BrN3O2/c1-13(23)22(17-5-3-2-4-14(17)12-20)11-10-18(24)21-16-8-6-15(19)7-9-16/h2-9H,10-11H2,1H3,(H,21,24). The third-order valence-electron chi connectivity index (χ3n) is 3.39. The number of amides is 2. The molecule has 0 radical (unpaired) electrons. The lowest BCUT2D eigenvalue weighted by Gasteiger charge is -2.22. The number of para-hydroxylation sites is 1.